The topological polar surface area (TPSA) is 61.8 Å². The van der Waals surface area contributed by atoms with Gasteiger partial charge in [0.15, 0.2) is 11.5 Å². The molecule has 0 saturated heterocycles. The predicted molar refractivity (Wildman–Crippen MR) is 101 cm³/mol. The maximum atomic E-state index is 13.1. The number of rotatable bonds is 4. The van der Waals surface area contributed by atoms with Crippen molar-refractivity contribution in [1.29, 1.82) is 0 Å². The van der Waals surface area contributed by atoms with Crippen LogP contribution in [0, 0.1) is 0 Å². The minimum atomic E-state index is -0.386. The molecule has 2 atom stereocenters. The normalized spacial score (nSPS) is 17.7. The number of hydrogen-bond acceptors (Lipinski definition) is 4. The third-order valence-corrected chi connectivity index (χ3v) is 5.31. The van der Waals surface area contributed by atoms with Crippen LogP contribution in [0.15, 0.2) is 40.9 Å². The zero-order chi connectivity index (χ0) is 18.1. The number of para-hydroxylation sites is 1. The number of phenolic OH excluding ortho intramolecular Hbond substituents is 1. The second kappa shape index (κ2) is 6.96. The fourth-order valence-electron chi connectivity index (χ4n) is 3.08. The van der Waals surface area contributed by atoms with Crippen LogP contribution in [-0.2, 0) is 0 Å². The Kier molecular flexibility index (Phi) is 4.90. The van der Waals surface area contributed by atoms with E-state index in [1.807, 2.05) is 36.1 Å². The number of halogens is 1. The number of hydrogen-bond donors (Lipinski definition) is 2. The summed E-state index contributed by atoms with van der Waals surface area (Å²) in [6.45, 7) is 4.08. The van der Waals surface area contributed by atoms with Crippen LogP contribution in [0.2, 0.25) is 0 Å². The maximum Gasteiger partial charge on any atom is 0.258 e. The highest BCUT2D eigenvalue weighted by atomic mass is 79.9. The van der Waals surface area contributed by atoms with E-state index in [4.69, 9.17) is 4.74 Å². The van der Waals surface area contributed by atoms with Crippen LogP contribution in [0.1, 0.15) is 42.4 Å². The Morgan fingerprint density at radius 1 is 1.36 bits per heavy atom. The zero-order valence-electron chi connectivity index (χ0n) is 14.4. The summed E-state index contributed by atoms with van der Waals surface area (Å²) in [5, 5.41) is 13.7. The first-order chi connectivity index (χ1) is 12.0. The lowest BCUT2D eigenvalue weighted by molar-refractivity contribution is 0.0592. The number of aromatic hydroxyl groups is 1. The summed E-state index contributed by atoms with van der Waals surface area (Å²) in [6.07, 6.45) is 0.440. The molecule has 0 radical (unpaired) electrons. The second-order valence-electron chi connectivity index (χ2n) is 6.11. The molecule has 1 aliphatic heterocycles. The molecule has 0 saturated carbocycles. The molecule has 0 spiro atoms. The molecule has 5 nitrogen and oxygen atoms in total. The van der Waals surface area contributed by atoms with Gasteiger partial charge in [-0.15, -0.1) is 0 Å². The molecule has 0 bridgehead atoms. The molecule has 6 heteroatoms. The monoisotopic (exact) mass is 404 g/mol. The van der Waals surface area contributed by atoms with Crippen molar-refractivity contribution in [1.82, 2.24) is 4.90 Å². The van der Waals surface area contributed by atoms with Gasteiger partial charge in [-0.1, -0.05) is 35.0 Å². The Labute approximate surface area is 155 Å². The Morgan fingerprint density at radius 2 is 2.08 bits per heavy atom. The number of benzene rings is 2. The van der Waals surface area contributed by atoms with E-state index in [-0.39, 0.29) is 23.9 Å². The third kappa shape index (κ3) is 3.06. The summed E-state index contributed by atoms with van der Waals surface area (Å²) >= 11 is 3.55. The molecule has 0 aromatic heterocycles. The lowest BCUT2D eigenvalue weighted by Crippen LogP contribution is -2.47. The quantitative estimate of drug-likeness (QED) is 0.785. The number of nitrogens with one attached hydrogen (secondary N) is 1. The molecule has 1 aliphatic rings. The minimum Gasteiger partial charge on any atom is -0.504 e. The van der Waals surface area contributed by atoms with E-state index in [9.17, 15) is 9.90 Å². The fraction of sp³-hybridized carbons (Fsp3) is 0.316. The van der Waals surface area contributed by atoms with Gasteiger partial charge in [-0.2, -0.15) is 0 Å². The first-order valence-electron chi connectivity index (χ1n) is 8.22. The average Bonchev–Trinajstić information content (AvgIpc) is 2.62. The van der Waals surface area contributed by atoms with E-state index in [1.165, 1.54) is 7.11 Å². The van der Waals surface area contributed by atoms with Gasteiger partial charge in [-0.25, -0.2) is 0 Å². The third-order valence-electron chi connectivity index (χ3n) is 4.62. The number of carbonyl (C=O) groups is 1. The summed E-state index contributed by atoms with van der Waals surface area (Å²) in [4.78, 5) is 14.9. The summed E-state index contributed by atoms with van der Waals surface area (Å²) < 4.78 is 5.92. The van der Waals surface area contributed by atoms with Crippen LogP contribution < -0.4 is 10.1 Å². The molecule has 3 rings (SSSR count). The molecular formula is C19H21BrN2O3. The predicted octanol–water partition coefficient (Wildman–Crippen LogP) is 4.53. The van der Waals surface area contributed by atoms with Gasteiger partial charge in [0.1, 0.15) is 6.17 Å². The molecule has 2 aromatic carbocycles. The van der Waals surface area contributed by atoms with Crippen LogP contribution in [0.25, 0.3) is 0 Å². The number of nitrogens with zero attached hydrogens (tertiary/aromatic N) is 1. The lowest BCUT2D eigenvalue weighted by atomic mass is 10.0. The van der Waals surface area contributed by atoms with Crippen molar-refractivity contribution in [2.24, 2.45) is 0 Å². The number of carbonyl (C=O) groups excluding carboxylic acids is 1. The van der Waals surface area contributed by atoms with Crippen LogP contribution in [-0.4, -0.2) is 29.1 Å². The van der Waals surface area contributed by atoms with Crippen molar-refractivity contribution in [3.05, 3.63) is 52.0 Å². The van der Waals surface area contributed by atoms with Crippen molar-refractivity contribution >= 4 is 27.5 Å². The SMILES string of the molecule is CC[C@H](C)N1C(=O)c2ccccc2N[C@H]1c1cc(O)c(OC)cc1Br. The van der Waals surface area contributed by atoms with Gasteiger partial charge < -0.3 is 20.1 Å². The Bertz CT molecular complexity index is 809. The molecule has 0 unspecified atom stereocenters. The number of fused-ring (bicyclic) bond motifs is 1. The van der Waals surface area contributed by atoms with Gasteiger partial charge in [0.2, 0.25) is 0 Å². The highest BCUT2D eigenvalue weighted by Crippen LogP contribution is 2.41. The Balaban J connectivity index is 2.13. The van der Waals surface area contributed by atoms with Gasteiger partial charge in [0.05, 0.1) is 12.7 Å². The smallest absolute Gasteiger partial charge is 0.258 e. The highest BCUT2D eigenvalue weighted by molar-refractivity contribution is 9.10. The summed E-state index contributed by atoms with van der Waals surface area (Å²) in [5.74, 6) is 0.405. The zero-order valence-corrected chi connectivity index (χ0v) is 16.0. The second-order valence-corrected chi connectivity index (χ2v) is 6.96. The average molecular weight is 405 g/mol. The van der Waals surface area contributed by atoms with Gasteiger partial charge >= 0.3 is 0 Å². The van der Waals surface area contributed by atoms with E-state index in [1.54, 1.807) is 12.1 Å². The minimum absolute atomic E-state index is 0.0177. The summed E-state index contributed by atoms with van der Waals surface area (Å²) in [5.41, 5.74) is 2.23. The fourth-order valence-corrected chi connectivity index (χ4v) is 3.62. The Hall–Kier alpha value is -2.21. The van der Waals surface area contributed by atoms with Gasteiger partial charge in [-0.3, -0.25) is 4.79 Å². The van der Waals surface area contributed by atoms with Crippen molar-refractivity contribution in [2.75, 3.05) is 12.4 Å². The van der Waals surface area contributed by atoms with E-state index in [0.29, 0.717) is 11.3 Å². The number of phenols is 1. The van der Waals surface area contributed by atoms with E-state index >= 15 is 0 Å². The summed E-state index contributed by atoms with van der Waals surface area (Å²) in [7, 11) is 1.51. The standard InChI is InChI=1S/C19H21BrN2O3/c1-4-11(2)22-18(13-9-16(23)17(25-3)10-14(13)20)21-15-8-6-5-7-12(15)19(22)24/h5-11,18,21,23H,4H2,1-3H3/t11-,18+/m0/s1. The maximum absolute atomic E-state index is 13.1. The number of methoxy groups -OCH3 is 1. The molecule has 1 amide bonds. The van der Waals surface area contributed by atoms with Crippen molar-refractivity contribution < 1.29 is 14.6 Å². The molecule has 2 N–H and O–H groups in total. The number of ether oxygens (including phenoxy) is 1. The van der Waals surface area contributed by atoms with Crippen molar-refractivity contribution in [2.45, 2.75) is 32.5 Å². The van der Waals surface area contributed by atoms with E-state index in [2.05, 4.69) is 28.2 Å². The first-order valence-corrected chi connectivity index (χ1v) is 9.01. The van der Waals surface area contributed by atoms with Crippen LogP contribution in [0.5, 0.6) is 11.5 Å². The molecular weight excluding hydrogens is 384 g/mol. The largest absolute Gasteiger partial charge is 0.504 e. The molecule has 2 aromatic rings. The van der Waals surface area contributed by atoms with E-state index < -0.39 is 0 Å². The number of amides is 1. The molecule has 1 heterocycles. The van der Waals surface area contributed by atoms with Crippen molar-refractivity contribution in [3.8, 4) is 11.5 Å². The van der Waals surface area contributed by atoms with Crippen LogP contribution >= 0.6 is 15.9 Å². The molecule has 132 valence electrons. The Morgan fingerprint density at radius 3 is 2.76 bits per heavy atom. The van der Waals surface area contributed by atoms with Gasteiger partial charge in [0, 0.05) is 21.8 Å². The van der Waals surface area contributed by atoms with Crippen LogP contribution in [0.4, 0.5) is 5.69 Å². The van der Waals surface area contributed by atoms with E-state index in [0.717, 1.165) is 22.1 Å². The van der Waals surface area contributed by atoms with Gasteiger partial charge in [0.25, 0.3) is 5.91 Å². The molecule has 0 aliphatic carbocycles. The van der Waals surface area contributed by atoms with Crippen LogP contribution in [0.3, 0.4) is 0 Å². The highest BCUT2D eigenvalue weighted by Gasteiger charge is 2.36. The summed E-state index contributed by atoms with van der Waals surface area (Å²) in [6, 6.07) is 10.9. The van der Waals surface area contributed by atoms with Gasteiger partial charge in [-0.05, 0) is 37.6 Å². The first kappa shape index (κ1) is 17.6. The molecule has 0 fully saturated rings. The lowest BCUT2D eigenvalue weighted by Gasteiger charge is -2.42. The number of anilines is 1. The molecule has 25 heavy (non-hydrogen) atoms. The van der Waals surface area contributed by atoms with Crippen molar-refractivity contribution in [3.63, 3.8) is 0 Å².